The number of amides is 1. The zero-order valence-corrected chi connectivity index (χ0v) is 18.6. The van der Waals surface area contributed by atoms with Crippen LogP contribution in [0.1, 0.15) is 31.5 Å². The van der Waals surface area contributed by atoms with Crippen molar-refractivity contribution in [2.75, 3.05) is 12.9 Å². The first-order valence-corrected chi connectivity index (χ1v) is 11.2. The van der Waals surface area contributed by atoms with Crippen LogP contribution in [-0.4, -0.2) is 28.9 Å². The molecule has 1 unspecified atom stereocenters. The van der Waals surface area contributed by atoms with Crippen LogP contribution in [0.3, 0.4) is 0 Å². The minimum Gasteiger partial charge on any atom is -0.496 e. The molecular formula is C21H21BrN4O2S. The molecule has 4 rings (SSSR count). The summed E-state index contributed by atoms with van der Waals surface area (Å²) >= 11 is 5.09. The number of carbonyl (C=O) groups excluding carboxylic acids is 1. The Bertz CT molecular complexity index is 1100. The Morgan fingerprint density at radius 1 is 1.28 bits per heavy atom. The molecule has 0 fully saturated rings. The standard InChI is InChI=1S/C21H21BrN4O2S/c1-3-4-11-29-21-24-20(27)18-14-7-5-6-8-16(14)23-19(26(18)25-21)15-12-13(22)9-10-17(15)28-2/h5-10,12,19H,3-4,11H2,1-2H3,(H,24,25,27). The number of nitrogens with one attached hydrogen (secondary N) is 1. The second-order valence-electron chi connectivity index (χ2n) is 6.66. The van der Waals surface area contributed by atoms with Gasteiger partial charge in [0.25, 0.3) is 5.91 Å². The summed E-state index contributed by atoms with van der Waals surface area (Å²) in [6, 6.07) is 13.4. The van der Waals surface area contributed by atoms with Gasteiger partial charge >= 0.3 is 0 Å². The lowest BCUT2D eigenvalue weighted by Crippen LogP contribution is -2.50. The largest absolute Gasteiger partial charge is 0.496 e. The van der Waals surface area contributed by atoms with Gasteiger partial charge in [0.2, 0.25) is 0 Å². The van der Waals surface area contributed by atoms with Crippen molar-refractivity contribution >= 4 is 44.5 Å². The molecule has 1 N–H and O–H groups in total. The van der Waals surface area contributed by atoms with E-state index in [1.807, 2.05) is 42.5 Å². The summed E-state index contributed by atoms with van der Waals surface area (Å²) < 4.78 is 6.49. The van der Waals surface area contributed by atoms with Crippen molar-refractivity contribution in [1.82, 2.24) is 10.3 Å². The lowest BCUT2D eigenvalue weighted by atomic mass is 10.1. The van der Waals surface area contributed by atoms with E-state index in [0.717, 1.165) is 39.2 Å². The van der Waals surface area contributed by atoms with Gasteiger partial charge < -0.3 is 4.74 Å². The molecule has 0 bridgehead atoms. The second-order valence-corrected chi connectivity index (χ2v) is 8.66. The number of fused-ring (bicyclic) bond motifs is 2. The smallest absolute Gasteiger partial charge is 0.276 e. The van der Waals surface area contributed by atoms with Gasteiger partial charge in [-0.2, -0.15) is 0 Å². The molecule has 8 heteroatoms. The lowest BCUT2D eigenvalue weighted by Gasteiger charge is -2.34. The fraction of sp³-hybridized carbons (Fsp3) is 0.286. The Balaban J connectivity index is 1.88. The number of methoxy groups -OCH3 is 1. The molecule has 1 amide bonds. The van der Waals surface area contributed by atoms with E-state index in [1.54, 1.807) is 23.9 Å². The third-order valence-corrected chi connectivity index (χ3v) is 6.17. The van der Waals surface area contributed by atoms with Crippen LogP contribution in [0.5, 0.6) is 5.75 Å². The molecule has 2 aliphatic heterocycles. The van der Waals surface area contributed by atoms with Gasteiger partial charge in [-0.3, -0.25) is 15.1 Å². The van der Waals surface area contributed by atoms with Crippen molar-refractivity contribution in [2.45, 2.75) is 25.9 Å². The third kappa shape index (κ3) is 3.91. The number of hydrogen-bond donors (Lipinski definition) is 1. The van der Waals surface area contributed by atoms with Crippen molar-refractivity contribution < 1.29 is 9.53 Å². The molecule has 150 valence electrons. The van der Waals surface area contributed by atoms with Crippen LogP contribution in [0, 0.1) is 0 Å². The number of hydrazone groups is 1. The van der Waals surface area contributed by atoms with Crippen molar-refractivity contribution in [3.63, 3.8) is 0 Å². The number of nitrogens with zero attached hydrogens (tertiary/aromatic N) is 3. The predicted molar refractivity (Wildman–Crippen MR) is 119 cm³/mol. The van der Waals surface area contributed by atoms with Gasteiger partial charge in [0.15, 0.2) is 11.3 Å². The monoisotopic (exact) mass is 472 g/mol. The molecule has 0 aliphatic carbocycles. The summed E-state index contributed by atoms with van der Waals surface area (Å²) in [7, 11) is 1.63. The van der Waals surface area contributed by atoms with E-state index in [0.29, 0.717) is 16.6 Å². The highest BCUT2D eigenvalue weighted by Crippen LogP contribution is 2.37. The quantitative estimate of drug-likeness (QED) is 0.678. The number of halogens is 1. The first-order chi connectivity index (χ1) is 14.1. The molecule has 0 saturated heterocycles. The number of para-hydroxylation sites is 1. The molecule has 0 radical (unpaired) electrons. The summed E-state index contributed by atoms with van der Waals surface area (Å²) in [5.74, 6) is 1.43. The maximum absolute atomic E-state index is 13.1. The highest BCUT2D eigenvalue weighted by molar-refractivity contribution is 9.10. The molecule has 2 aromatic rings. The van der Waals surface area contributed by atoms with Crippen LogP contribution in [0.2, 0.25) is 0 Å². The van der Waals surface area contributed by atoms with Gasteiger partial charge in [0.05, 0.1) is 12.5 Å². The molecular weight excluding hydrogens is 452 g/mol. The number of thioether (sulfide) groups is 1. The molecule has 2 aromatic carbocycles. The van der Waals surface area contributed by atoms with E-state index < -0.39 is 6.17 Å². The fourth-order valence-corrected chi connectivity index (χ4v) is 4.63. The fourth-order valence-electron chi connectivity index (χ4n) is 3.32. The number of hydrogen-bond acceptors (Lipinski definition) is 6. The first-order valence-electron chi connectivity index (χ1n) is 9.45. The van der Waals surface area contributed by atoms with Gasteiger partial charge in [-0.1, -0.05) is 59.2 Å². The minimum absolute atomic E-state index is 0.166. The van der Waals surface area contributed by atoms with E-state index in [1.165, 1.54) is 0 Å². The van der Waals surface area contributed by atoms with Crippen molar-refractivity contribution in [2.24, 2.45) is 10.1 Å². The molecule has 0 aromatic heterocycles. The third-order valence-electron chi connectivity index (χ3n) is 4.72. The van der Waals surface area contributed by atoms with Crippen molar-refractivity contribution in [3.05, 3.63) is 63.1 Å². The average molecular weight is 473 g/mol. The molecule has 2 aliphatic rings. The van der Waals surface area contributed by atoms with Gasteiger partial charge in [-0.25, -0.2) is 5.01 Å². The van der Waals surface area contributed by atoms with E-state index in [9.17, 15) is 4.79 Å². The number of carbonyl (C=O) groups is 1. The maximum atomic E-state index is 13.1. The van der Waals surface area contributed by atoms with Crippen LogP contribution in [0.15, 0.2) is 57.0 Å². The van der Waals surface area contributed by atoms with Gasteiger partial charge in [-0.15, -0.1) is 5.10 Å². The Labute approximate surface area is 181 Å². The number of amidine groups is 1. The molecule has 0 saturated carbocycles. The van der Waals surface area contributed by atoms with Gasteiger partial charge in [-0.05, 0) is 30.7 Å². The van der Waals surface area contributed by atoms with Crippen molar-refractivity contribution in [3.8, 4) is 5.75 Å². The summed E-state index contributed by atoms with van der Waals surface area (Å²) in [4.78, 5) is 18.0. The van der Waals surface area contributed by atoms with Crippen LogP contribution >= 0.6 is 27.7 Å². The Morgan fingerprint density at radius 3 is 2.90 bits per heavy atom. The zero-order chi connectivity index (χ0) is 20.4. The highest BCUT2D eigenvalue weighted by Gasteiger charge is 2.35. The lowest BCUT2D eigenvalue weighted by molar-refractivity contribution is -0.116. The SMILES string of the molecule is CCCCSC1=NN2C(=c3ccccc3=NC2c2cc(Br)ccc2OC)C(=O)N1. The Kier molecular flexibility index (Phi) is 5.91. The summed E-state index contributed by atoms with van der Waals surface area (Å²) in [5.41, 5.74) is 1.34. The Morgan fingerprint density at radius 2 is 2.10 bits per heavy atom. The second kappa shape index (κ2) is 8.59. The van der Waals surface area contributed by atoms with Crippen LogP contribution in [0.25, 0.3) is 5.70 Å². The summed E-state index contributed by atoms with van der Waals surface area (Å²) in [5, 5.41) is 11.6. The van der Waals surface area contributed by atoms with Crippen molar-refractivity contribution in [1.29, 1.82) is 0 Å². The number of unbranched alkanes of at least 4 members (excludes halogenated alkanes) is 1. The molecule has 1 atom stereocenters. The van der Waals surface area contributed by atoms with Crippen LogP contribution in [-0.2, 0) is 4.79 Å². The number of benzene rings is 2. The van der Waals surface area contributed by atoms with E-state index >= 15 is 0 Å². The topological polar surface area (TPSA) is 66.3 Å². The van der Waals surface area contributed by atoms with Crippen LogP contribution < -0.4 is 20.6 Å². The first kappa shape index (κ1) is 20.0. The van der Waals surface area contributed by atoms with E-state index in [4.69, 9.17) is 14.8 Å². The normalized spacial score (nSPS) is 17.7. The van der Waals surface area contributed by atoms with Gasteiger partial charge in [0.1, 0.15) is 11.4 Å². The minimum atomic E-state index is -0.500. The summed E-state index contributed by atoms with van der Waals surface area (Å²) in [6.45, 7) is 2.14. The molecule has 2 heterocycles. The highest BCUT2D eigenvalue weighted by atomic mass is 79.9. The van der Waals surface area contributed by atoms with Crippen LogP contribution in [0.4, 0.5) is 0 Å². The average Bonchev–Trinajstić information content (AvgIpc) is 2.73. The molecule has 6 nitrogen and oxygen atoms in total. The summed E-state index contributed by atoms with van der Waals surface area (Å²) in [6.07, 6.45) is 1.66. The maximum Gasteiger partial charge on any atom is 0.276 e. The number of ether oxygens (including phenoxy) is 1. The van der Waals surface area contributed by atoms with E-state index in [2.05, 4.69) is 28.2 Å². The molecule has 0 spiro atoms. The van der Waals surface area contributed by atoms with Gasteiger partial charge in [0, 0.05) is 21.0 Å². The van der Waals surface area contributed by atoms with E-state index in [-0.39, 0.29) is 5.91 Å². The Hall–Kier alpha value is -2.32. The molecule has 29 heavy (non-hydrogen) atoms. The zero-order valence-electron chi connectivity index (χ0n) is 16.2. The number of rotatable bonds is 5. The predicted octanol–water partition coefficient (Wildman–Crippen LogP) is 3.13.